The van der Waals surface area contributed by atoms with E-state index in [9.17, 15) is 14.7 Å². The molecule has 0 spiro atoms. The highest BCUT2D eigenvalue weighted by atomic mass is 16.5. The van der Waals surface area contributed by atoms with Crippen molar-refractivity contribution in [3.8, 4) is 28.4 Å². The monoisotopic (exact) mass is 513 g/mol. The van der Waals surface area contributed by atoms with Gasteiger partial charge in [-0.05, 0) is 80.9 Å². The van der Waals surface area contributed by atoms with E-state index in [1.165, 1.54) is 0 Å². The zero-order chi connectivity index (χ0) is 26.8. The SMILES string of the molecule is COc1ccc(C(=O)Cc2cc3ccc(OC4CCN(C)CC4)c(C)c3oc2=O)cc1-c1cccc(O)c1. The molecular formula is C31H31NO6. The number of phenolic OH excluding ortho intramolecular Hbond substituents is 1. The lowest BCUT2D eigenvalue weighted by Crippen LogP contribution is -2.35. The maximum absolute atomic E-state index is 13.2. The number of aromatic hydroxyl groups is 1. The van der Waals surface area contributed by atoms with Gasteiger partial charge in [0.05, 0.1) is 7.11 Å². The number of ether oxygens (including phenoxy) is 2. The average Bonchev–Trinajstić information content (AvgIpc) is 2.92. The van der Waals surface area contributed by atoms with Crippen LogP contribution in [0.4, 0.5) is 0 Å². The zero-order valence-electron chi connectivity index (χ0n) is 21.8. The van der Waals surface area contributed by atoms with Crippen molar-refractivity contribution in [2.24, 2.45) is 0 Å². The van der Waals surface area contributed by atoms with Crippen molar-refractivity contribution in [3.63, 3.8) is 0 Å². The summed E-state index contributed by atoms with van der Waals surface area (Å²) in [4.78, 5) is 28.4. The van der Waals surface area contributed by atoms with E-state index >= 15 is 0 Å². The number of nitrogens with zero attached hydrogens (tertiary/aromatic N) is 1. The molecule has 7 heteroatoms. The topological polar surface area (TPSA) is 89.2 Å². The van der Waals surface area contributed by atoms with Crippen LogP contribution in [0.25, 0.3) is 22.1 Å². The Labute approximate surface area is 221 Å². The number of aryl methyl sites for hydroxylation is 1. The van der Waals surface area contributed by atoms with Gasteiger partial charge < -0.3 is 23.9 Å². The number of Topliss-reactive ketones (excluding diaryl/α,β-unsaturated/α-hetero) is 1. The highest BCUT2D eigenvalue weighted by Crippen LogP contribution is 2.33. The molecule has 2 heterocycles. The number of piperidine rings is 1. The van der Waals surface area contributed by atoms with E-state index in [0.29, 0.717) is 28.0 Å². The van der Waals surface area contributed by atoms with Crippen LogP contribution in [0.15, 0.2) is 69.9 Å². The van der Waals surface area contributed by atoms with E-state index < -0.39 is 5.63 Å². The van der Waals surface area contributed by atoms with E-state index in [1.807, 2.05) is 25.1 Å². The number of carbonyl (C=O) groups excluding carboxylic acids is 1. The maximum atomic E-state index is 13.2. The molecule has 0 saturated carbocycles. The Hall–Kier alpha value is -4.10. The number of fused-ring (bicyclic) bond motifs is 1. The molecule has 1 aromatic heterocycles. The van der Waals surface area contributed by atoms with E-state index in [-0.39, 0.29) is 24.1 Å². The van der Waals surface area contributed by atoms with E-state index in [2.05, 4.69) is 11.9 Å². The van der Waals surface area contributed by atoms with Crippen molar-refractivity contribution in [3.05, 3.63) is 87.8 Å². The van der Waals surface area contributed by atoms with Gasteiger partial charge in [0.25, 0.3) is 0 Å². The first-order valence-corrected chi connectivity index (χ1v) is 12.7. The zero-order valence-corrected chi connectivity index (χ0v) is 21.8. The second kappa shape index (κ2) is 10.7. The van der Waals surface area contributed by atoms with Gasteiger partial charge in [-0.2, -0.15) is 0 Å². The van der Waals surface area contributed by atoms with Crippen molar-refractivity contribution < 1.29 is 23.8 Å². The lowest BCUT2D eigenvalue weighted by atomic mass is 9.97. The Kier molecular flexibility index (Phi) is 7.20. The fourth-order valence-corrected chi connectivity index (χ4v) is 4.94. The highest BCUT2D eigenvalue weighted by molar-refractivity contribution is 5.99. The first-order chi connectivity index (χ1) is 18.3. The summed E-state index contributed by atoms with van der Waals surface area (Å²) < 4.78 is 17.4. The van der Waals surface area contributed by atoms with Gasteiger partial charge in [0.2, 0.25) is 0 Å². The van der Waals surface area contributed by atoms with Crippen molar-refractivity contribution in [2.45, 2.75) is 32.3 Å². The Morgan fingerprint density at radius 1 is 1.05 bits per heavy atom. The lowest BCUT2D eigenvalue weighted by molar-refractivity contribution is 0.0992. The molecule has 3 aromatic carbocycles. The van der Waals surface area contributed by atoms with Gasteiger partial charge in [-0.1, -0.05) is 12.1 Å². The third-order valence-corrected chi connectivity index (χ3v) is 7.16. The third-order valence-electron chi connectivity index (χ3n) is 7.16. The molecule has 196 valence electrons. The van der Waals surface area contributed by atoms with Crippen molar-refractivity contribution in [2.75, 3.05) is 27.2 Å². The lowest BCUT2D eigenvalue weighted by Gasteiger charge is -2.29. The first kappa shape index (κ1) is 25.5. The summed E-state index contributed by atoms with van der Waals surface area (Å²) in [5.74, 6) is 1.19. The number of methoxy groups -OCH3 is 1. The van der Waals surface area contributed by atoms with Gasteiger partial charge in [-0.15, -0.1) is 0 Å². The number of ketones is 1. The summed E-state index contributed by atoms with van der Waals surface area (Å²) >= 11 is 0. The quantitative estimate of drug-likeness (QED) is 0.262. The van der Waals surface area contributed by atoms with Gasteiger partial charge in [0.15, 0.2) is 5.78 Å². The van der Waals surface area contributed by atoms with Gasteiger partial charge in [0.1, 0.15) is 28.9 Å². The van der Waals surface area contributed by atoms with E-state index in [1.54, 1.807) is 49.6 Å². The third kappa shape index (κ3) is 5.29. The van der Waals surface area contributed by atoms with Crippen LogP contribution in [0, 0.1) is 6.92 Å². The molecule has 0 unspecified atom stereocenters. The summed E-state index contributed by atoms with van der Waals surface area (Å²) in [7, 11) is 3.66. The molecule has 1 N–H and O–H groups in total. The first-order valence-electron chi connectivity index (χ1n) is 12.7. The largest absolute Gasteiger partial charge is 0.508 e. The molecule has 0 amide bonds. The minimum Gasteiger partial charge on any atom is -0.508 e. The Morgan fingerprint density at radius 2 is 1.82 bits per heavy atom. The van der Waals surface area contributed by atoms with Crippen LogP contribution in [0.2, 0.25) is 0 Å². The van der Waals surface area contributed by atoms with E-state index in [4.69, 9.17) is 13.9 Å². The molecule has 0 aliphatic carbocycles. The summed E-state index contributed by atoms with van der Waals surface area (Å²) in [6.07, 6.45) is 1.95. The molecule has 4 aromatic rings. The second-order valence-corrected chi connectivity index (χ2v) is 9.85. The van der Waals surface area contributed by atoms with E-state index in [0.717, 1.165) is 48.2 Å². The Balaban J connectivity index is 1.40. The van der Waals surface area contributed by atoms with Crippen LogP contribution in [0.3, 0.4) is 0 Å². The fraction of sp³-hybridized carbons (Fsp3) is 0.290. The average molecular weight is 514 g/mol. The number of carbonyl (C=O) groups is 1. The highest BCUT2D eigenvalue weighted by Gasteiger charge is 2.21. The molecule has 1 fully saturated rings. The van der Waals surface area contributed by atoms with Gasteiger partial charge in [-0.25, -0.2) is 4.79 Å². The molecule has 1 aliphatic rings. The molecule has 0 bridgehead atoms. The molecule has 1 aliphatic heterocycles. The molecule has 0 atom stereocenters. The van der Waals surface area contributed by atoms with Crippen LogP contribution in [-0.2, 0) is 6.42 Å². The van der Waals surface area contributed by atoms with Crippen LogP contribution in [0.5, 0.6) is 17.2 Å². The van der Waals surface area contributed by atoms with Gasteiger partial charge >= 0.3 is 5.63 Å². The molecule has 38 heavy (non-hydrogen) atoms. The number of hydrogen-bond donors (Lipinski definition) is 1. The summed E-state index contributed by atoms with van der Waals surface area (Å²) in [6.45, 7) is 3.88. The maximum Gasteiger partial charge on any atom is 0.339 e. The summed E-state index contributed by atoms with van der Waals surface area (Å²) in [5.41, 5.74) is 2.84. The van der Waals surface area contributed by atoms with Crippen LogP contribution < -0.4 is 15.1 Å². The van der Waals surface area contributed by atoms with Crippen LogP contribution in [0.1, 0.15) is 34.3 Å². The molecule has 7 nitrogen and oxygen atoms in total. The predicted octanol–water partition coefficient (Wildman–Crippen LogP) is 5.38. The van der Waals surface area contributed by atoms with Crippen molar-refractivity contribution >= 4 is 16.8 Å². The molecule has 1 saturated heterocycles. The van der Waals surface area contributed by atoms with Crippen LogP contribution in [-0.4, -0.2) is 49.1 Å². The fourth-order valence-electron chi connectivity index (χ4n) is 4.94. The standard InChI is InChI=1S/C31H31NO6/c1-19-28(37-25-11-13-32(2)14-12-25)9-8-22-15-23(31(35)38-30(19)22)18-27(34)21-7-10-29(36-3)26(17-21)20-5-4-6-24(33)16-20/h4-10,15-17,25,33H,11-14,18H2,1-3H3. The normalized spacial score (nSPS) is 14.5. The number of rotatable bonds is 7. The van der Waals surface area contributed by atoms with Crippen molar-refractivity contribution in [1.82, 2.24) is 4.90 Å². The molecule has 0 radical (unpaired) electrons. The number of phenols is 1. The predicted molar refractivity (Wildman–Crippen MR) is 146 cm³/mol. The van der Waals surface area contributed by atoms with Crippen LogP contribution >= 0.6 is 0 Å². The Morgan fingerprint density at radius 3 is 2.55 bits per heavy atom. The minimum atomic E-state index is -0.535. The Bertz CT molecular complexity index is 1550. The number of benzene rings is 3. The molecule has 5 rings (SSSR count). The number of hydrogen-bond acceptors (Lipinski definition) is 7. The minimum absolute atomic E-state index is 0.100. The summed E-state index contributed by atoms with van der Waals surface area (Å²) in [5, 5.41) is 10.6. The van der Waals surface area contributed by atoms with Crippen molar-refractivity contribution in [1.29, 1.82) is 0 Å². The summed E-state index contributed by atoms with van der Waals surface area (Å²) in [6, 6.07) is 17.4. The van der Waals surface area contributed by atoms with Gasteiger partial charge in [0, 0.05) is 47.2 Å². The smallest absolute Gasteiger partial charge is 0.339 e. The molecular weight excluding hydrogens is 482 g/mol. The number of likely N-dealkylation sites (tertiary alicyclic amines) is 1. The second-order valence-electron chi connectivity index (χ2n) is 9.85. The van der Waals surface area contributed by atoms with Gasteiger partial charge in [-0.3, -0.25) is 4.79 Å².